The average molecular weight is 550 g/mol. The smallest absolute Gasteiger partial charge is 0.256 e. The number of benzene rings is 1. The van der Waals surface area contributed by atoms with Crippen LogP contribution in [-0.2, 0) is 20.7 Å². The lowest BCUT2D eigenvalue weighted by atomic mass is 9.64. The molecule has 2 aromatic rings. The van der Waals surface area contributed by atoms with Gasteiger partial charge in [0.05, 0.1) is 30.5 Å². The number of primary amides is 1. The summed E-state index contributed by atoms with van der Waals surface area (Å²) < 4.78 is 11.1. The number of aliphatic hydroxyl groups is 3. The highest BCUT2D eigenvalue weighted by atomic mass is 16.5. The molecule has 4 aliphatic rings. The van der Waals surface area contributed by atoms with Crippen LogP contribution in [0.15, 0.2) is 51.0 Å². The van der Waals surface area contributed by atoms with E-state index >= 15 is 0 Å². The van der Waals surface area contributed by atoms with Crippen LogP contribution in [0.5, 0.6) is 5.75 Å². The van der Waals surface area contributed by atoms with Crippen LogP contribution >= 0.6 is 0 Å². The van der Waals surface area contributed by atoms with Gasteiger partial charge in [-0.2, -0.15) is 0 Å². The minimum absolute atomic E-state index is 0.00130. The fourth-order valence-electron chi connectivity index (χ4n) is 6.63. The number of morpholine rings is 1. The van der Waals surface area contributed by atoms with E-state index in [1.807, 2.05) is 24.8 Å². The molecule has 0 radical (unpaired) electrons. The first-order chi connectivity index (χ1) is 19.1. The summed E-state index contributed by atoms with van der Waals surface area (Å²) in [7, 11) is 0. The number of phenolic OH excluding ortho intramolecular Hbond substituents is 1. The molecular weight excluding hydrogens is 518 g/mol. The molecule has 40 heavy (non-hydrogen) atoms. The molecule has 1 fully saturated rings. The molecule has 0 bridgehead atoms. The van der Waals surface area contributed by atoms with Crippen LogP contribution in [0.3, 0.4) is 0 Å². The summed E-state index contributed by atoms with van der Waals surface area (Å²) in [6.45, 7) is 5.63. The number of phenols is 1. The van der Waals surface area contributed by atoms with Crippen LogP contribution in [0, 0.1) is 11.8 Å². The number of rotatable bonds is 4. The number of Topliss-reactive ketones (excluding diaryl/α,β-unsaturated/α-hetero) is 1. The molecule has 210 valence electrons. The van der Waals surface area contributed by atoms with Gasteiger partial charge in [0.15, 0.2) is 11.5 Å². The third-order valence-corrected chi connectivity index (χ3v) is 8.52. The maximum Gasteiger partial charge on any atom is 0.256 e. The second kappa shape index (κ2) is 9.53. The zero-order valence-corrected chi connectivity index (χ0v) is 22.2. The highest BCUT2D eigenvalue weighted by Gasteiger charge is 2.52. The normalized spacial score (nSPS) is 25.3. The Morgan fingerprint density at radius 3 is 2.45 bits per heavy atom. The number of hydrogen-bond acceptors (Lipinski definition) is 10. The second-order valence-corrected chi connectivity index (χ2v) is 11.1. The molecule has 1 aromatic heterocycles. The van der Waals surface area contributed by atoms with Crippen LogP contribution < -0.4 is 5.73 Å². The first-order valence-corrected chi connectivity index (χ1v) is 13.4. The maximum absolute atomic E-state index is 13.6. The number of ether oxygens (including phenoxy) is 1. The van der Waals surface area contributed by atoms with Crippen molar-refractivity contribution >= 4 is 17.4 Å². The van der Waals surface area contributed by atoms with Gasteiger partial charge in [-0.3, -0.25) is 14.5 Å². The number of amides is 1. The van der Waals surface area contributed by atoms with Crippen molar-refractivity contribution in [1.29, 1.82) is 0 Å². The summed E-state index contributed by atoms with van der Waals surface area (Å²) in [5, 5.41) is 49.1. The first-order valence-electron chi connectivity index (χ1n) is 13.4. The van der Waals surface area contributed by atoms with Crippen molar-refractivity contribution in [3.05, 3.63) is 63.3 Å². The summed E-state index contributed by atoms with van der Waals surface area (Å²) in [4.78, 5) is 27.8. The molecule has 3 unspecified atom stereocenters. The quantitative estimate of drug-likeness (QED) is 0.356. The van der Waals surface area contributed by atoms with Gasteiger partial charge in [0, 0.05) is 41.8 Å². The van der Waals surface area contributed by atoms with Crippen molar-refractivity contribution in [2.75, 3.05) is 26.3 Å². The molecule has 0 saturated carbocycles. The fourth-order valence-corrected chi connectivity index (χ4v) is 6.63. The topological polar surface area (TPSA) is 180 Å². The van der Waals surface area contributed by atoms with Crippen molar-refractivity contribution < 1.29 is 39.3 Å². The van der Waals surface area contributed by atoms with E-state index in [1.54, 1.807) is 6.07 Å². The summed E-state index contributed by atoms with van der Waals surface area (Å²) in [6.07, 6.45) is 0.589. The zero-order chi connectivity index (χ0) is 28.5. The number of ketones is 1. The Morgan fingerprint density at radius 2 is 1.80 bits per heavy atom. The summed E-state index contributed by atoms with van der Waals surface area (Å²) in [5.74, 6) is -3.82. The van der Waals surface area contributed by atoms with Gasteiger partial charge in [0.1, 0.15) is 28.6 Å². The number of nitrogens with zero attached hydrogens (tertiary/aromatic N) is 2. The molecule has 1 aliphatic heterocycles. The maximum atomic E-state index is 13.6. The molecule has 3 atom stereocenters. The number of allylic oxidation sites excluding steroid dienone is 2. The first kappa shape index (κ1) is 26.1. The molecule has 3 aliphatic carbocycles. The Kier molecular flexibility index (Phi) is 6.23. The van der Waals surface area contributed by atoms with Crippen LogP contribution in [-0.4, -0.2) is 74.5 Å². The highest BCUT2D eigenvalue weighted by molar-refractivity contribution is 6.22. The van der Waals surface area contributed by atoms with Gasteiger partial charge in [-0.1, -0.05) is 19.0 Å². The van der Waals surface area contributed by atoms with Crippen molar-refractivity contribution in [3.8, 4) is 17.1 Å². The molecule has 11 heteroatoms. The van der Waals surface area contributed by atoms with Crippen molar-refractivity contribution in [2.45, 2.75) is 38.6 Å². The number of carbonyl (C=O) groups excluding carboxylic acids is 2. The lowest BCUT2D eigenvalue weighted by Gasteiger charge is -2.45. The van der Waals surface area contributed by atoms with E-state index in [4.69, 9.17) is 15.0 Å². The number of aromatic hydroxyl groups is 1. The van der Waals surface area contributed by atoms with Gasteiger partial charge in [-0.05, 0) is 42.4 Å². The number of hydrogen-bond donors (Lipinski definition) is 5. The Balaban J connectivity index is 1.53. The molecule has 11 nitrogen and oxygen atoms in total. The summed E-state index contributed by atoms with van der Waals surface area (Å²) in [5.41, 5.74) is 7.25. The third-order valence-electron chi connectivity index (χ3n) is 8.52. The SMILES string of the molecule is CC(C)c1cc(-c2ccc(O)c3c2CC2CC4C(=C(O)C2=C3O)C(O)=C(C(N)=O)C(=O)C4N2CCOCC2)on1. The number of carbonyl (C=O) groups is 2. The van der Waals surface area contributed by atoms with E-state index in [2.05, 4.69) is 5.16 Å². The van der Waals surface area contributed by atoms with E-state index in [0.29, 0.717) is 49.6 Å². The number of fused-ring (bicyclic) bond motifs is 3. The van der Waals surface area contributed by atoms with E-state index in [-0.39, 0.29) is 40.6 Å². The van der Waals surface area contributed by atoms with Gasteiger partial charge in [-0.25, -0.2) is 0 Å². The van der Waals surface area contributed by atoms with Crippen molar-refractivity contribution in [1.82, 2.24) is 10.1 Å². The molecule has 6 rings (SSSR count). The summed E-state index contributed by atoms with van der Waals surface area (Å²) >= 11 is 0. The number of nitrogens with two attached hydrogens (primary N) is 1. The van der Waals surface area contributed by atoms with Gasteiger partial charge < -0.3 is 35.4 Å². The van der Waals surface area contributed by atoms with E-state index < -0.39 is 46.7 Å². The zero-order valence-electron chi connectivity index (χ0n) is 22.2. The third kappa shape index (κ3) is 3.83. The molecule has 0 spiro atoms. The minimum Gasteiger partial charge on any atom is -0.507 e. The van der Waals surface area contributed by atoms with Gasteiger partial charge >= 0.3 is 0 Å². The average Bonchev–Trinajstić information content (AvgIpc) is 3.39. The predicted molar refractivity (Wildman–Crippen MR) is 142 cm³/mol. The number of aliphatic hydroxyl groups excluding tert-OH is 3. The predicted octanol–water partition coefficient (Wildman–Crippen LogP) is 3.02. The van der Waals surface area contributed by atoms with Crippen LogP contribution in [0.4, 0.5) is 0 Å². The van der Waals surface area contributed by atoms with E-state index in [0.717, 1.165) is 5.69 Å². The molecule has 1 amide bonds. The van der Waals surface area contributed by atoms with Crippen LogP contribution in [0.25, 0.3) is 17.1 Å². The molecule has 2 heterocycles. The van der Waals surface area contributed by atoms with E-state index in [9.17, 15) is 30.0 Å². The molecule has 1 aromatic carbocycles. The Labute approximate surface area is 229 Å². The molecule has 1 saturated heterocycles. The van der Waals surface area contributed by atoms with Crippen molar-refractivity contribution in [2.24, 2.45) is 17.6 Å². The number of aromatic nitrogens is 1. The van der Waals surface area contributed by atoms with Crippen molar-refractivity contribution in [3.63, 3.8) is 0 Å². The molecular formula is C29H31N3O8. The second-order valence-electron chi connectivity index (χ2n) is 11.1. The summed E-state index contributed by atoms with van der Waals surface area (Å²) in [6, 6.07) is 4.12. The Hall–Kier alpha value is -4.09. The lowest BCUT2D eigenvalue weighted by Crippen LogP contribution is -2.56. The Bertz CT molecular complexity index is 1530. The lowest BCUT2D eigenvalue weighted by molar-refractivity contribution is -0.128. The fraction of sp³-hybridized carbons (Fsp3) is 0.414. The highest BCUT2D eigenvalue weighted by Crippen LogP contribution is 2.53. The van der Waals surface area contributed by atoms with Crippen LogP contribution in [0.1, 0.15) is 43.0 Å². The van der Waals surface area contributed by atoms with Gasteiger partial charge in [-0.15, -0.1) is 0 Å². The largest absolute Gasteiger partial charge is 0.507 e. The minimum atomic E-state index is -1.09. The van der Waals surface area contributed by atoms with E-state index in [1.165, 1.54) is 6.07 Å². The van der Waals surface area contributed by atoms with Gasteiger partial charge in [0.2, 0.25) is 0 Å². The Morgan fingerprint density at radius 1 is 1.07 bits per heavy atom. The standard InChI is InChI=1S/C29H31N3O8/c1-12(2)17-11-19(40-31-17)14-3-4-18(33)21-15(14)9-13-10-16-22(26(35)20(13)25(21)34)27(36)23(29(30)38)28(37)24(16)32-5-7-39-8-6-32/h3-4,11-13,16,24,33-36H,5-10H2,1-2H3,(H2,30,38). The molecule has 6 N–H and O–H groups in total. The van der Waals surface area contributed by atoms with Crippen LogP contribution in [0.2, 0.25) is 0 Å². The monoisotopic (exact) mass is 549 g/mol. The van der Waals surface area contributed by atoms with Gasteiger partial charge in [0.25, 0.3) is 5.91 Å².